The van der Waals surface area contributed by atoms with Crippen molar-refractivity contribution in [1.82, 2.24) is 19.1 Å². The number of aromatic amines is 1. The highest BCUT2D eigenvalue weighted by Gasteiger charge is 2.32. The second-order valence-corrected chi connectivity index (χ2v) is 7.76. The summed E-state index contributed by atoms with van der Waals surface area (Å²) in [4.78, 5) is 33.9. The van der Waals surface area contributed by atoms with Gasteiger partial charge in [0, 0.05) is 19.0 Å². The molecule has 6 heteroatoms. The Kier molecular flexibility index (Phi) is 5.20. The van der Waals surface area contributed by atoms with Crippen molar-refractivity contribution in [3.05, 3.63) is 62.6 Å². The van der Waals surface area contributed by atoms with Gasteiger partial charge >= 0.3 is 5.69 Å². The molecule has 4 rings (SSSR count). The van der Waals surface area contributed by atoms with Crippen molar-refractivity contribution in [2.75, 3.05) is 0 Å². The maximum Gasteiger partial charge on any atom is 0.332 e. The van der Waals surface area contributed by atoms with Crippen molar-refractivity contribution in [2.24, 2.45) is 0 Å². The molecule has 1 fully saturated rings. The predicted octanol–water partition coefficient (Wildman–Crippen LogP) is 3.76. The molecule has 28 heavy (non-hydrogen) atoms. The number of aromatic nitrogens is 4. The van der Waals surface area contributed by atoms with Gasteiger partial charge < -0.3 is 4.98 Å². The molecule has 1 N–H and O–H groups in total. The first-order valence-corrected chi connectivity index (χ1v) is 10.4. The molecule has 0 bridgehead atoms. The molecule has 1 aliphatic rings. The smallest absolute Gasteiger partial charge is 0.327 e. The number of nitrogens with zero attached hydrogens (tertiary/aromatic N) is 3. The van der Waals surface area contributed by atoms with Crippen molar-refractivity contribution >= 4 is 11.2 Å². The highest BCUT2D eigenvalue weighted by atomic mass is 16.2. The Balaban J connectivity index is 1.85. The topological polar surface area (TPSA) is 72.7 Å². The van der Waals surface area contributed by atoms with Crippen LogP contribution in [0.2, 0.25) is 0 Å². The number of nitrogens with one attached hydrogen (secondary N) is 1. The third-order valence-electron chi connectivity index (χ3n) is 5.87. The second kappa shape index (κ2) is 7.78. The Morgan fingerprint density at radius 1 is 1.00 bits per heavy atom. The Bertz CT molecular complexity index is 1080. The van der Waals surface area contributed by atoms with Gasteiger partial charge in [0.2, 0.25) is 0 Å². The Morgan fingerprint density at radius 2 is 1.68 bits per heavy atom. The van der Waals surface area contributed by atoms with Gasteiger partial charge in [-0.3, -0.25) is 13.9 Å². The molecule has 2 atom stereocenters. The highest BCUT2D eigenvalue weighted by Crippen LogP contribution is 2.45. The van der Waals surface area contributed by atoms with Crippen LogP contribution in [0.25, 0.3) is 11.2 Å². The zero-order chi connectivity index (χ0) is 19.7. The molecular formula is C22H28N4O2. The number of aryl methyl sites for hydroxylation is 1. The van der Waals surface area contributed by atoms with Crippen LogP contribution in [0.15, 0.2) is 39.9 Å². The highest BCUT2D eigenvalue weighted by molar-refractivity contribution is 5.70. The van der Waals surface area contributed by atoms with Gasteiger partial charge in [-0.05, 0) is 37.2 Å². The molecule has 0 spiro atoms. The lowest BCUT2D eigenvalue weighted by Crippen LogP contribution is -2.40. The molecule has 2 aromatic heterocycles. The van der Waals surface area contributed by atoms with Crippen LogP contribution in [0, 0.1) is 0 Å². The molecule has 0 radical (unpaired) electrons. The minimum Gasteiger partial charge on any atom is -0.327 e. The van der Waals surface area contributed by atoms with E-state index in [-0.39, 0.29) is 17.2 Å². The van der Waals surface area contributed by atoms with E-state index in [2.05, 4.69) is 29.2 Å². The first-order chi connectivity index (χ1) is 13.7. The maximum absolute atomic E-state index is 12.9. The van der Waals surface area contributed by atoms with E-state index in [4.69, 9.17) is 4.98 Å². The summed E-state index contributed by atoms with van der Waals surface area (Å²) in [5, 5.41) is 0. The fraction of sp³-hybridized carbons (Fsp3) is 0.500. The van der Waals surface area contributed by atoms with Gasteiger partial charge in [-0.25, -0.2) is 9.78 Å². The fourth-order valence-electron chi connectivity index (χ4n) is 4.60. The number of imidazole rings is 1. The third-order valence-corrected chi connectivity index (χ3v) is 5.87. The van der Waals surface area contributed by atoms with Crippen molar-refractivity contribution < 1.29 is 0 Å². The van der Waals surface area contributed by atoms with Gasteiger partial charge in [-0.2, -0.15) is 0 Å². The van der Waals surface area contributed by atoms with Gasteiger partial charge in [0.25, 0.3) is 5.56 Å². The van der Waals surface area contributed by atoms with Crippen LogP contribution in [-0.4, -0.2) is 19.1 Å². The molecule has 1 aliphatic carbocycles. The van der Waals surface area contributed by atoms with E-state index >= 15 is 0 Å². The Labute approximate surface area is 164 Å². The molecule has 148 valence electrons. The first kappa shape index (κ1) is 18.7. The van der Waals surface area contributed by atoms with Crippen molar-refractivity contribution in [3.63, 3.8) is 0 Å². The second-order valence-electron chi connectivity index (χ2n) is 7.76. The molecule has 1 aromatic carbocycles. The number of H-pyrrole nitrogens is 1. The largest absolute Gasteiger partial charge is 0.332 e. The van der Waals surface area contributed by atoms with Gasteiger partial charge in [0.05, 0.1) is 0 Å². The van der Waals surface area contributed by atoms with Crippen LogP contribution in [0.5, 0.6) is 0 Å². The van der Waals surface area contributed by atoms with E-state index in [9.17, 15) is 9.59 Å². The summed E-state index contributed by atoms with van der Waals surface area (Å²) >= 11 is 0. The fourth-order valence-corrected chi connectivity index (χ4v) is 4.60. The molecule has 1 saturated carbocycles. The monoisotopic (exact) mass is 380 g/mol. The summed E-state index contributed by atoms with van der Waals surface area (Å²) in [6.07, 6.45) is 4.86. The number of hydrogen-bond donors (Lipinski definition) is 1. The average Bonchev–Trinajstić information content (AvgIpc) is 3.36. The molecule has 2 heterocycles. The molecule has 0 amide bonds. The zero-order valence-electron chi connectivity index (χ0n) is 16.6. The lowest BCUT2D eigenvalue weighted by molar-refractivity contribution is 0.555. The summed E-state index contributed by atoms with van der Waals surface area (Å²) in [5.41, 5.74) is 1.79. The number of benzene rings is 1. The van der Waals surface area contributed by atoms with Crippen molar-refractivity contribution in [3.8, 4) is 0 Å². The quantitative estimate of drug-likeness (QED) is 0.708. The Hall–Kier alpha value is -2.63. The van der Waals surface area contributed by atoms with Crippen LogP contribution in [0.3, 0.4) is 0 Å². The average molecular weight is 380 g/mol. The lowest BCUT2D eigenvalue weighted by Gasteiger charge is -2.18. The standard InChI is InChI=1S/C22H28N4O2/c1-3-13-25-20-18(21(27)26(14-4-2)22(25)28)23-19(24-20)17-12-8-11-16(17)15-9-6-5-7-10-15/h5-7,9-10,16-17H,3-4,8,11-14H2,1-2H3,(H,23,24). The van der Waals surface area contributed by atoms with Gasteiger partial charge in [0.1, 0.15) is 11.5 Å². The van der Waals surface area contributed by atoms with Gasteiger partial charge in [-0.15, -0.1) is 0 Å². The summed E-state index contributed by atoms with van der Waals surface area (Å²) in [6.45, 7) is 5.01. The van der Waals surface area contributed by atoms with E-state index in [1.54, 1.807) is 4.57 Å². The van der Waals surface area contributed by atoms with Crippen LogP contribution >= 0.6 is 0 Å². The Morgan fingerprint density at radius 3 is 2.39 bits per heavy atom. The summed E-state index contributed by atoms with van der Waals surface area (Å²) in [7, 11) is 0. The summed E-state index contributed by atoms with van der Waals surface area (Å²) in [6, 6.07) is 10.5. The van der Waals surface area contributed by atoms with Gasteiger partial charge in [0.15, 0.2) is 5.52 Å². The minimum absolute atomic E-state index is 0.234. The van der Waals surface area contributed by atoms with Crippen LogP contribution < -0.4 is 11.2 Å². The number of rotatable bonds is 6. The lowest BCUT2D eigenvalue weighted by atomic mass is 9.88. The van der Waals surface area contributed by atoms with E-state index in [1.165, 1.54) is 10.1 Å². The number of hydrogen-bond acceptors (Lipinski definition) is 3. The molecule has 2 unspecified atom stereocenters. The summed E-state index contributed by atoms with van der Waals surface area (Å²) < 4.78 is 3.03. The van der Waals surface area contributed by atoms with Crippen molar-refractivity contribution in [1.29, 1.82) is 0 Å². The van der Waals surface area contributed by atoms with E-state index in [0.29, 0.717) is 30.2 Å². The van der Waals surface area contributed by atoms with Crippen LogP contribution in [-0.2, 0) is 13.1 Å². The molecule has 6 nitrogen and oxygen atoms in total. The SMILES string of the molecule is CCCn1c(=O)c2nc(C3CCCC3c3ccccc3)[nH]c2n(CCC)c1=O. The normalized spacial score (nSPS) is 19.5. The molecular weight excluding hydrogens is 352 g/mol. The predicted molar refractivity (Wildman–Crippen MR) is 111 cm³/mol. The molecule has 0 aliphatic heterocycles. The first-order valence-electron chi connectivity index (χ1n) is 10.4. The van der Waals surface area contributed by atoms with Crippen LogP contribution in [0.4, 0.5) is 0 Å². The van der Waals surface area contributed by atoms with Crippen molar-refractivity contribution in [2.45, 2.75) is 70.9 Å². The molecule has 0 saturated heterocycles. The molecule has 3 aromatic rings. The maximum atomic E-state index is 12.9. The minimum atomic E-state index is -0.272. The summed E-state index contributed by atoms with van der Waals surface area (Å²) in [5.74, 6) is 1.49. The van der Waals surface area contributed by atoms with E-state index < -0.39 is 0 Å². The van der Waals surface area contributed by atoms with Gasteiger partial charge in [-0.1, -0.05) is 50.6 Å². The zero-order valence-corrected chi connectivity index (χ0v) is 16.6. The third kappa shape index (κ3) is 3.11. The van der Waals surface area contributed by atoms with E-state index in [0.717, 1.165) is 37.9 Å². The van der Waals surface area contributed by atoms with E-state index in [1.807, 2.05) is 19.9 Å². The van der Waals surface area contributed by atoms with Crippen LogP contribution in [0.1, 0.15) is 69.2 Å². The number of fused-ring (bicyclic) bond motifs is 1.